The van der Waals surface area contributed by atoms with Crippen molar-refractivity contribution >= 4 is 16.8 Å². The van der Waals surface area contributed by atoms with Gasteiger partial charge in [-0.15, -0.1) is 0 Å². The van der Waals surface area contributed by atoms with Crippen LogP contribution in [0.5, 0.6) is 0 Å². The first-order chi connectivity index (χ1) is 10.7. The number of nitrogens with zero attached hydrogens (tertiary/aromatic N) is 2. The average Bonchev–Trinajstić information content (AvgIpc) is 3.14. The topological polar surface area (TPSA) is 60.1 Å². The lowest BCUT2D eigenvalue weighted by molar-refractivity contribution is -0.121. The molecule has 0 fully saturated rings. The van der Waals surface area contributed by atoms with Gasteiger partial charge in [0.05, 0.1) is 24.5 Å². The van der Waals surface area contributed by atoms with E-state index >= 15 is 0 Å². The second-order valence-electron chi connectivity index (χ2n) is 5.36. The molecule has 1 aromatic carbocycles. The fourth-order valence-corrected chi connectivity index (χ4v) is 2.43. The monoisotopic (exact) mass is 297 g/mol. The van der Waals surface area contributed by atoms with Crippen molar-refractivity contribution in [3.8, 4) is 0 Å². The maximum absolute atomic E-state index is 11.9. The first-order valence-corrected chi connectivity index (χ1v) is 7.43. The first kappa shape index (κ1) is 14.4. The van der Waals surface area contributed by atoms with Gasteiger partial charge in [0, 0.05) is 24.8 Å². The van der Waals surface area contributed by atoms with Gasteiger partial charge in [-0.2, -0.15) is 5.10 Å². The van der Waals surface area contributed by atoms with E-state index in [9.17, 15) is 4.79 Å². The molecule has 5 nitrogen and oxygen atoms in total. The van der Waals surface area contributed by atoms with E-state index in [-0.39, 0.29) is 5.91 Å². The highest BCUT2D eigenvalue weighted by Crippen LogP contribution is 2.15. The predicted molar refractivity (Wildman–Crippen MR) is 84.5 cm³/mol. The molecule has 0 saturated carbocycles. The second kappa shape index (κ2) is 6.47. The van der Waals surface area contributed by atoms with Gasteiger partial charge in [-0.1, -0.05) is 12.1 Å². The molecule has 0 saturated heterocycles. The lowest BCUT2D eigenvalue weighted by atomic mass is 10.2. The molecule has 0 aliphatic heterocycles. The van der Waals surface area contributed by atoms with Crippen LogP contribution in [0, 0.1) is 6.92 Å². The van der Waals surface area contributed by atoms with Crippen LogP contribution in [0.25, 0.3) is 10.9 Å². The number of nitrogens with one attached hydrogen (secondary N) is 1. The third-order valence-electron chi connectivity index (χ3n) is 3.62. The van der Waals surface area contributed by atoms with Crippen LogP contribution in [0.15, 0.2) is 47.2 Å². The van der Waals surface area contributed by atoms with Gasteiger partial charge in [0.15, 0.2) is 0 Å². The number of fused-ring (bicyclic) bond motifs is 1. The van der Waals surface area contributed by atoms with Crippen LogP contribution in [-0.4, -0.2) is 22.2 Å². The summed E-state index contributed by atoms with van der Waals surface area (Å²) in [5, 5.41) is 8.35. The van der Waals surface area contributed by atoms with Crippen LogP contribution in [0.4, 0.5) is 0 Å². The molecule has 5 heteroatoms. The van der Waals surface area contributed by atoms with E-state index in [1.165, 1.54) is 5.56 Å². The minimum atomic E-state index is 0.0304. The molecular weight excluding hydrogens is 278 g/mol. The number of aromatic nitrogens is 2. The lowest BCUT2D eigenvalue weighted by Crippen LogP contribution is -2.26. The minimum absolute atomic E-state index is 0.0304. The Labute approximate surface area is 128 Å². The molecule has 0 aliphatic rings. The van der Waals surface area contributed by atoms with E-state index in [4.69, 9.17) is 4.42 Å². The van der Waals surface area contributed by atoms with Crippen molar-refractivity contribution in [2.45, 2.75) is 26.3 Å². The number of hydrogen-bond donors (Lipinski definition) is 1. The summed E-state index contributed by atoms with van der Waals surface area (Å²) in [5.41, 5.74) is 2.26. The fourth-order valence-electron chi connectivity index (χ4n) is 2.43. The summed E-state index contributed by atoms with van der Waals surface area (Å²) in [6, 6.07) is 9.97. The van der Waals surface area contributed by atoms with Gasteiger partial charge in [0.25, 0.3) is 0 Å². The second-order valence-corrected chi connectivity index (χ2v) is 5.36. The van der Waals surface area contributed by atoms with Crippen LogP contribution in [0.3, 0.4) is 0 Å². The fraction of sp³-hybridized carbons (Fsp3) is 0.294. The van der Waals surface area contributed by atoms with Crippen LogP contribution < -0.4 is 5.32 Å². The van der Waals surface area contributed by atoms with Crippen molar-refractivity contribution in [2.24, 2.45) is 0 Å². The first-order valence-electron chi connectivity index (χ1n) is 7.43. The molecule has 1 N–H and O–H groups in total. The van der Waals surface area contributed by atoms with E-state index in [1.54, 1.807) is 6.26 Å². The number of rotatable bonds is 6. The molecule has 2 aromatic heterocycles. The highest BCUT2D eigenvalue weighted by atomic mass is 16.3. The Bertz CT molecular complexity index is 759. The third-order valence-corrected chi connectivity index (χ3v) is 3.62. The van der Waals surface area contributed by atoms with Crippen molar-refractivity contribution in [2.75, 3.05) is 6.54 Å². The Hall–Kier alpha value is -2.56. The largest absolute Gasteiger partial charge is 0.469 e. The molecule has 3 aromatic rings. The molecule has 0 unspecified atom stereocenters. The summed E-state index contributed by atoms with van der Waals surface area (Å²) < 4.78 is 7.11. The number of benzene rings is 1. The standard InChI is InChI=1S/C17H19N3O2/c1-13-4-5-14-12-19-20(16(14)11-13)9-7-17(21)18-8-6-15-3-2-10-22-15/h2-5,10-12H,6-9H2,1H3,(H,18,21). The van der Waals surface area contributed by atoms with Gasteiger partial charge in [0.2, 0.25) is 5.91 Å². The quantitative estimate of drug-likeness (QED) is 0.761. The highest BCUT2D eigenvalue weighted by molar-refractivity contribution is 5.80. The molecule has 0 atom stereocenters. The summed E-state index contributed by atoms with van der Waals surface area (Å²) in [7, 11) is 0. The van der Waals surface area contributed by atoms with Crippen LogP contribution in [0.1, 0.15) is 17.7 Å². The van der Waals surface area contributed by atoms with E-state index < -0.39 is 0 Å². The summed E-state index contributed by atoms with van der Waals surface area (Å²) in [4.78, 5) is 11.9. The SMILES string of the molecule is Cc1ccc2cnn(CCC(=O)NCCc3ccco3)c2c1. The molecule has 0 bridgehead atoms. The summed E-state index contributed by atoms with van der Waals surface area (Å²) in [5.74, 6) is 0.914. The Morgan fingerprint density at radius 1 is 1.36 bits per heavy atom. The number of hydrogen-bond acceptors (Lipinski definition) is 3. The molecule has 3 rings (SSSR count). The minimum Gasteiger partial charge on any atom is -0.469 e. The molecular formula is C17H19N3O2. The van der Waals surface area contributed by atoms with Gasteiger partial charge in [-0.05, 0) is 30.7 Å². The van der Waals surface area contributed by atoms with E-state index in [2.05, 4.69) is 35.5 Å². The number of carbonyl (C=O) groups is 1. The molecule has 0 radical (unpaired) electrons. The predicted octanol–water partition coefficient (Wildman–Crippen LogP) is 2.69. The molecule has 114 valence electrons. The zero-order chi connectivity index (χ0) is 15.4. The highest BCUT2D eigenvalue weighted by Gasteiger charge is 2.06. The molecule has 2 heterocycles. The van der Waals surface area contributed by atoms with Crippen molar-refractivity contribution < 1.29 is 9.21 Å². The van der Waals surface area contributed by atoms with Crippen molar-refractivity contribution in [3.63, 3.8) is 0 Å². The van der Waals surface area contributed by atoms with Gasteiger partial charge in [-0.3, -0.25) is 9.48 Å². The molecule has 22 heavy (non-hydrogen) atoms. The number of carbonyl (C=O) groups excluding carboxylic acids is 1. The Kier molecular flexibility index (Phi) is 4.23. The molecule has 0 spiro atoms. The number of aryl methyl sites for hydroxylation is 2. The third kappa shape index (κ3) is 3.36. The van der Waals surface area contributed by atoms with E-state index in [1.807, 2.05) is 23.0 Å². The summed E-state index contributed by atoms with van der Waals surface area (Å²) in [6.07, 6.45) is 4.61. The van der Waals surface area contributed by atoms with Crippen LogP contribution in [-0.2, 0) is 17.8 Å². The van der Waals surface area contributed by atoms with Crippen LogP contribution in [0.2, 0.25) is 0 Å². The van der Waals surface area contributed by atoms with Gasteiger partial charge >= 0.3 is 0 Å². The summed E-state index contributed by atoms with van der Waals surface area (Å²) in [6.45, 7) is 3.23. The van der Waals surface area contributed by atoms with E-state index in [0.717, 1.165) is 16.7 Å². The van der Waals surface area contributed by atoms with E-state index in [0.29, 0.717) is 25.9 Å². The van der Waals surface area contributed by atoms with Crippen molar-refractivity contribution in [1.29, 1.82) is 0 Å². The zero-order valence-electron chi connectivity index (χ0n) is 12.6. The molecule has 1 amide bonds. The van der Waals surface area contributed by atoms with Crippen LogP contribution >= 0.6 is 0 Å². The number of furan rings is 1. The maximum atomic E-state index is 11.9. The van der Waals surface area contributed by atoms with Crippen molar-refractivity contribution in [1.82, 2.24) is 15.1 Å². The average molecular weight is 297 g/mol. The lowest BCUT2D eigenvalue weighted by Gasteiger charge is -2.06. The summed E-state index contributed by atoms with van der Waals surface area (Å²) >= 11 is 0. The Balaban J connectivity index is 1.50. The number of amides is 1. The maximum Gasteiger partial charge on any atom is 0.221 e. The van der Waals surface area contributed by atoms with Gasteiger partial charge in [-0.25, -0.2) is 0 Å². The zero-order valence-corrected chi connectivity index (χ0v) is 12.6. The normalized spacial score (nSPS) is 11.0. The van der Waals surface area contributed by atoms with Gasteiger partial charge < -0.3 is 9.73 Å². The van der Waals surface area contributed by atoms with Gasteiger partial charge in [0.1, 0.15) is 5.76 Å². The van der Waals surface area contributed by atoms with Crippen molar-refractivity contribution in [3.05, 3.63) is 54.1 Å². The molecule has 0 aliphatic carbocycles. The smallest absolute Gasteiger partial charge is 0.221 e. The Morgan fingerprint density at radius 2 is 2.27 bits per heavy atom. The Morgan fingerprint density at radius 3 is 3.09 bits per heavy atom.